The summed E-state index contributed by atoms with van der Waals surface area (Å²) in [5, 5.41) is 13.1. The maximum Gasteiger partial charge on any atom is 0.194 e. The summed E-state index contributed by atoms with van der Waals surface area (Å²) in [6.45, 7) is 11.8. The molecule has 1 aliphatic rings. The fourth-order valence-corrected chi connectivity index (χ4v) is 2.79. The van der Waals surface area contributed by atoms with Gasteiger partial charge in [-0.3, -0.25) is 4.99 Å². The van der Waals surface area contributed by atoms with Crippen molar-refractivity contribution in [2.24, 2.45) is 4.99 Å². The Bertz CT molecular complexity index is 525. The number of aliphatic hydroxyl groups excluding tert-OH is 1. The molecule has 0 spiro atoms. The first-order valence-electron chi connectivity index (χ1n) is 8.21. The summed E-state index contributed by atoms with van der Waals surface area (Å²) >= 11 is 0. The number of hydrogen-bond acceptors (Lipinski definition) is 2. The van der Waals surface area contributed by atoms with E-state index in [0.29, 0.717) is 6.54 Å². The van der Waals surface area contributed by atoms with E-state index >= 15 is 0 Å². The molecule has 0 unspecified atom stereocenters. The van der Waals surface area contributed by atoms with Gasteiger partial charge in [-0.05, 0) is 25.8 Å². The van der Waals surface area contributed by atoms with E-state index in [0.717, 1.165) is 32.0 Å². The monoisotopic (exact) mass is 303 g/mol. The highest BCUT2D eigenvalue weighted by Gasteiger charge is 2.25. The van der Waals surface area contributed by atoms with Crippen LogP contribution in [0.1, 0.15) is 38.3 Å². The summed E-state index contributed by atoms with van der Waals surface area (Å²) < 4.78 is 0. The Labute approximate surface area is 134 Å². The van der Waals surface area contributed by atoms with E-state index in [1.54, 1.807) is 0 Å². The lowest BCUT2D eigenvalue weighted by Crippen LogP contribution is -2.41. The van der Waals surface area contributed by atoms with E-state index in [2.05, 4.69) is 62.2 Å². The van der Waals surface area contributed by atoms with Crippen molar-refractivity contribution in [1.29, 1.82) is 0 Å². The zero-order chi connectivity index (χ0) is 16.2. The lowest BCUT2D eigenvalue weighted by atomic mass is 9.84. The Kier molecular flexibility index (Phi) is 5.46. The van der Waals surface area contributed by atoms with Crippen LogP contribution in [0.4, 0.5) is 0 Å². The number of hydrogen-bond donors (Lipinski definition) is 2. The molecule has 22 heavy (non-hydrogen) atoms. The third-order valence-electron chi connectivity index (χ3n) is 4.22. The number of aliphatic imine (C=N–C) groups is 1. The highest BCUT2D eigenvalue weighted by Crippen LogP contribution is 2.24. The molecule has 1 aromatic rings. The Morgan fingerprint density at radius 2 is 2.23 bits per heavy atom. The molecule has 1 heterocycles. The van der Waals surface area contributed by atoms with Gasteiger partial charge in [0, 0.05) is 25.0 Å². The zero-order valence-corrected chi connectivity index (χ0v) is 14.3. The van der Waals surface area contributed by atoms with Crippen LogP contribution in [0, 0.1) is 6.92 Å². The molecule has 1 saturated heterocycles. The van der Waals surface area contributed by atoms with Crippen molar-refractivity contribution in [3.05, 3.63) is 35.4 Å². The molecule has 4 heteroatoms. The standard InChI is InChI=1S/C18H29N3O/c1-5-19-17(21-10-9-16(22)12-21)20-13-18(3,4)15-8-6-7-14(2)11-15/h6-8,11,16,22H,5,9-10,12-13H2,1-4H3,(H,19,20)/t16-/m1/s1. The normalized spacial score (nSPS) is 19.6. The number of rotatable bonds is 4. The second-order valence-electron chi connectivity index (χ2n) is 6.81. The van der Waals surface area contributed by atoms with E-state index < -0.39 is 0 Å². The van der Waals surface area contributed by atoms with Gasteiger partial charge in [0.15, 0.2) is 5.96 Å². The van der Waals surface area contributed by atoms with Crippen LogP contribution in [0.3, 0.4) is 0 Å². The lowest BCUT2D eigenvalue weighted by Gasteiger charge is -2.26. The van der Waals surface area contributed by atoms with Crippen molar-refractivity contribution in [3.8, 4) is 0 Å². The zero-order valence-electron chi connectivity index (χ0n) is 14.3. The average Bonchev–Trinajstić information content (AvgIpc) is 2.90. The van der Waals surface area contributed by atoms with Crippen LogP contribution in [0.5, 0.6) is 0 Å². The second-order valence-corrected chi connectivity index (χ2v) is 6.81. The first-order valence-corrected chi connectivity index (χ1v) is 8.21. The molecule has 2 rings (SSSR count). The minimum atomic E-state index is -0.228. The fraction of sp³-hybridized carbons (Fsp3) is 0.611. The first kappa shape index (κ1) is 16.8. The largest absolute Gasteiger partial charge is 0.391 e. The predicted molar refractivity (Wildman–Crippen MR) is 92.4 cm³/mol. The summed E-state index contributed by atoms with van der Waals surface area (Å²) in [5.74, 6) is 0.916. The van der Waals surface area contributed by atoms with Gasteiger partial charge in [0.25, 0.3) is 0 Å². The van der Waals surface area contributed by atoms with Crippen molar-refractivity contribution in [3.63, 3.8) is 0 Å². The summed E-state index contributed by atoms with van der Waals surface area (Å²) in [4.78, 5) is 6.98. The molecule has 0 aromatic heterocycles. The van der Waals surface area contributed by atoms with Crippen LogP contribution in [0.15, 0.2) is 29.3 Å². The molecule has 0 radical (unpaired) electrons. The van der Waals surface area contributed by atoms with E-state index in [1.165, 1.54) is 11.1 Å². The van der Waals surface area contributed by atoms with E-state index in [1.807, 2.05) is 0 Å². The number of benzene rings is 1. The van der Waals surface area contributed by atoms with Gasteiger partial charge in [-0.2, -0.15) is 0 Å². The van der Waals surface area contributed by atoms with Crippen molar-refractivity contribution in [2.45, 2.75) is 45.6 Å². The molecule has 2 N–H and O–H groups in total. The van der Waals surface area contributed by atoms with E-state index in [9.17, 15) is 5.11 Å². The molecular formula is C18H29N3O. The molecule has 122 valence electrons. The number of nitrogens with one attached hydrogen (secondary N) is 1. The molecule has 1 fully saturated rings. The Hall–Kier alpha value is -1.55. The van der Waals surface area contributed by atoms with E-state index in [4.69, 9.17) is 4.99 Å². The van der Waals surface area contributed by atoms with Crippen LogP contribution in [0.25, 0.3) is 0 Å². The van der Waals surface area contributed by atoms with Gasteiger partial charge in [0.1, 0.15) is 0 Å². The van der Waals surface area contributed by atoms with Crippen molar-refractivity contribution in [1.82, 2.24) is 10.2 Å². The highest BCUT2D eigenvalue weighted by molar-refractivity contribution is 5.80. The maximum absolute atomic E-state index is 9.73. The fourth-order valence-electron chi connectivity index (χ4n) is 2.79. The third-order valence-corrected chi connectivity index (χ3v) is 4.22. The van der Waals surface area contributed by atoms with Gasteiger partial charge in [0.05, 0.1) is 12.6 Å². The van der Waals surface area contributed by atoms with Crippen LogP contribution < -0.4 is 5.32 Å². The average molecular weight is 303 g/mol. The minimum Gasteiger partial charge on any atom is -0.391 e. The number of guanidine groups is 1. The van der Waals surface area contributed by atoms with Crippen molar-refractivity contribution in [2.75, 3.05) is 26.2 Å². The highest BCUT2D eigenvalue weighted by atomic mass is 16.3. The summed E-state index contributed by atoms with van der Waals surface area (Å²) in [7, 11) is 0. The summed E-state index contributed by atoms with van der Waals surface area (Å²) in [6, 6.07) is 8.65. The topological polar surface area (TPSA) is 47.9 Å². The quantitative estimate of drug-likeness (QED) is 0.663. The number of likely N-dealkylation sites (tertiary alicyclic amines) is 1. The third kappa shape index (κ3) is 4.23. The van der Waals surface area contributed by atoms with Gasteiger partial charge in [0.2, 0.25) is 0 Å². The SMILES string of the molecule is CCNC(=NCC(C)(C)c1cccc(C)c1)N1CC[C@@H](O)C1. The van der Waals surface area contributed by atoms with Gasteiger partial charge < -0.3 is 15.3 Å². The summed E-state index contributed by atoms with van der Waals surface area (Å²) in [5.41, 5.74) is 2.59. The van der Waals surface area contributed by atoms with Gasteiger partial charge in [-0.15, -0.1) is 0 Å². The molecule has 1 atom stereocenters. The Balaban J connectivity index is 2.11. The first-order chi connectivity index (χ1) is 10.4. The molecule has 0 bridgehead atoms. The van der Waals surface area contributed by atoms with Gasteiger partial charge in [-0.1, -0.05) is 43.7 Å². The maximum atomic E-state index is 9.73. The molecule has 0 aliphatic carbocycles. The Morgan fingerprint density at radius 1 is 1.45 bits per heavy atom. The van der Waals surface area contributed by atoms with Crippen LogP contribution in [-0.4, -0.2) is 48.2 Å². The minimum absolute atomic E-state index is 0.00890. The molecule has 4 nitrogen and oxygen atoms in total. The number of β-amino-alcohol motifs (C(OH)–C–C–N with tert-alkyl or cyclic N) is 1. The number of aryl methyl sites for hydroxylation is 1. The van der Waals surface area contributed by atoms with Gasteiger partial charge >= 0.3 is 0 Å². The van der Waals surface area contributed by atoms with Crippen LogP contribution in [0.2, 0.25) is 0 Å². The lowest BCUT2D eigenvalue weighted by molar-refractivity contribution is 0.187. The van der Waals surface area contributed by atoms with E-state index in [-0.39, 0.29) is 11.5 Å². The van der Waals surface area contributed by atoms with Crippen LogP contribution in [-0.2, 0) is 5.41 Å². The molecule has 1 aliphatic heterocycles. The molecule has 0 saturated carbocycles. The number of aliphatic hydroxyl groups is 1. The molecule has 1 aromatic carbocycles. The molecular weight excluding hydrogens is 274 g/mol. The molecule has 0 amide bonds. The van der Waals surface area contributed by atoms with Crippen LogP contribution >= 0.6 is 0 Å². The smallest absolute Gasteiger partial charge is 0.194 e. The van der Waals surface area contributed by atoms with Crippen molar-refractivity contribution >= 4 is 5.96 Å². The second kappa shape index (κ2) is 7.14. The Morgan fingerprint density at radius 3 is 2.82 bits per heavy atom. The summed E-state index contributed by atoms with van der Waals surface area (Å²) in [6.07, 6.45) is 0.597. The predicted octanol–water partition coefficient (Wildman–Crippen LogP) is 2.30. The van der Waals surface area contributed by atoms with Gasteiger partial charge in [-0.25, -0.2) is 0 Å². The van der Waals surface area contributed by atoms with Crippen molar-refractivity contribution < 1.29 is 5.11 Å². The number of nitrogens with zero attached hydrogens (tertiary/aromatic N) is 2.